The third kappa shape index (κ3) is 39.5. The standard InChI is InChI=1S/C29H40BrN3O5.2C21H34N2O5.C19H30N2O5.C9H11BrN2O.C7H12O2.6CH4/c1-8-12-28(6,7)25(35)31-18-29-15-21(33(23(29)16-29)26(36)38-27(3,4)5)22(34)14-20-19(17-37-13-9-2)10-11-24(30)32-20;2*1-8-10-20(6,7)17(25)22-13-21-11-14(16(24)27-9-2)23(15(21)12-21)18(26)28-19(3,4)5;1-7-8-18(5,6)15(24)20-11-19-9-12(14(22)23)21(13(19)10-19)16(25)26-17(2,3)4;1-2-5-13-6-7-3-4-8(10)12-9(7)11;1-4-5-7(2,3)6(8)9;;;;;;/h8-11,21,23H,1-2,12-18H2,3-7H3,(H,31,35);2*8,14-15H,1,9-13H2,2-7H3,(H,22,25);7,12-13H,1,8-11H2,2-6H3,(H,20,24)(H,22,23);2-4H,1,5-6H2,(H2,11,12);4H,1,5H2,2-3H3,(H,8,9);6*1H4/t21-,23+,29-;2*14-,15+,21-;12-,13+,19-;;;;;;;;/m0000......../s1. The second-order valence-corrected chi connectivity index (χ2v) is 46.8. The molecule has 4 aliphatic heterocycles. The van der Waals surface area contributed by atoms with Crippen LogP contribution in [0.25, 0.3) is 0 Å². The van der Waals surface area contributed by atoms with E-state index < -0.39 is 122 Å². The molecule has 840 valence electrons. The summed E-state index contributed by atoms with van der Waals surface area (Å²) in [6, 6.07) is 3.86. The molecule has 6 heterocycles. The van der Waals surface area contributed by atoms with Crippen LogP contribution in [0.4, 0.5) is 25.0 Å². The van der Waals surface area contributed by atoms with Gasteiger partial charge >= 0.3 is 48.3 Å². The average Bonchev–Trinajstić information content (AvgIpc) is 1.54. The van der Waals surface area contributed by atoms with Gasteiger partial charge in [0.05, 0.1) is 63.2 Å². The number of carbonyl (C=O) groups is 13. The molecular formula is C112H185Br2N11O23. The molecule has 8 amide bonds. The number of rotatable bonds is 39. The first kappa shape index (κ1) is 140. The Morgan fingerprint density at radius 3 is 0.899 bits per heavy atom. The molecular weight excluding hydrogens is 2030 g/mol. The number of Topliss-reactive ketones (excluding diaryl/α,β-unsaturated/α-hetero) is 1. The van der Waals surface area contributed by atoms with E-state index in [1.54, 1.807) is 158 Å². The number of ether oxygens (including phenoxy) is 8. The van der Waals surface area contributed by atoms with E-state index in [1.165, 1.54) is 14.7 Å². The van der Waals surface area contributed by atoms with Crippen LogP contribution in [0.2, 0.25) is 0 Å². The maximum absolute atomic E-state index is 13.7. The molecule has 148 heavy (non-hydrogen) atoms. The van der Waals surface area contributed by atoms with Crippen molar-refractivity contribution in [3.8, 4) is 0 Å². The summed E-state index contributed by atoms with van der Waals surface area (Å²) in [6.07, 6.45) is 17.2. The molecule has 0 unspecified atom stereocenters. The Balaban J connectivity index is 0. The van der Waals surface area contributed by atoms with Gasteiger partial charge in [-0.05, 0) is 244 Å². The highest BCUT2D eigenvalue weighted by Crippen LogP contribution is 2.63. The Morgan fingerprint density at radius 2 is 0.642 bits per heavy atom. The van der Waals surface area contributed by atoms with E-state index in [2.05, 4.69) is 109 Å². The van der Waals surface area contributed by atoms with Crippen LogP contribution < -0.4 is 27.0 Å². The zero-order chi connectivity index (χ0) is 108. The van der Waals surface area contributed by atoms with Crippen LogP contribution in [0.5, 0.6) is 0 Å². The van der Waals surface area contributed by atoms with Crippen LogP contribution in [-0.4, -0.2) is 241 Å². The number of halogens is 2. The van der Waals surface area contributed by atoms with Crippen LogP contribution in [0.3, 0.4) is 0 Å². The highest BCUT2D eigenvalue weighted by atomic mass is 79.9. The van der Waals surface area contributed by atoms with Crippen molar-refractivity contribution >= 4 is 115 Å². The molecule has 0 spiro atoms. The molecule has 36 heteroatoms. The van der Waals surface area contributed by atoms with Gasteiger partial charge in [0.1, 0.15) is 55.6 Å². The highest BCUT2D eigenvalue weighted by molar-refractivity contribution is 9.10. The van der Waals surface area contributed by atoms with Gasteiger partial charge in [0.15, 0.2) is 5.78 Å². The van der Waals surface area contributed by atoms with Crippen molar-refractivity contribution in [1.29, 1.82) is 0 Å². The summed E-state index contributed by atoms with van der Waals surface area (Å²) in [5, 5.41) is 30.1. The van der Waals surface area contributed by atoms with E-state index in [-0.39, 0.29) is 139 Å². The molecule has 2 aromatic heterocycles. The number of hydrogen-bond acceptors (Lipinski definition) is 24. The number of pyridine rings is 2. The van der Waals surface area contributed by atoms with Crippen molar-refractivity contribution in [2.75, 3.05) is 58.3 Å². The number of nitrogen functional groups attached to an aromatic ring is 1. The van der Waals surface area contributed by atoms with E-state index in [4.69, 9.17) is 48.7 Å². The van der Waals surface area contributed by atoms with Gasteiger partial charge in [-0.3, -0.25) is 48.4 Å². The molecule has 0 bridgehead atoms. The zero-order valence-corrected chi connectivity index (χ0v) is 91.5. The minimum absolute atomic E-state index is 0. The Kier molecular flexibility index (Phi) is 54.0. The minimum atomic E-state index is -1.04. The summed E-state index contributed by atoms with van der Waals surface area (Å²) >= 11 is 6.63. The Bertz CT molecular complexity index is 4800. The Labute approximate surface area is 901 Å². The largest absolute Gasteiger partial charge is 0.481 e. The van der Waals surface area contributed by atoms with E-state index >= 15 is 0 Å². The molecule has 4 saturated carbocycles. The number of carbonyl (C=O) groups excluding carboxylic acids is 11. The van der Waals surface area contributed by atoms with Gasteiger partial charge in [-0.2, -0.15) is 0 Å². The SMILES string of the molecule is C.C.C.C.C.C.C=CCC(C)(C)C(=O)NC[C@@]12C[C@@H](C(=O)O)N(C(=O)OC(C)(C)C)[C@@H]1C2.C=CCC(C)(C)C(=O)NC[C@@]12C[C@@H](C(=O)OCC)N(C(=O)OC(C)(C)C)[C@@H]1C2.C=CCC(C)(C)C(=O)NC[C@@]12C[C@@H](C(=O)OCC)N(C(=O)OC(C)(C)C)[C@@H]1C2.C=CCC(C)(C)C(=O)O.C=CCOCc1ccc(Br)nc1CC(=O)[C@@H]1C[C@@]2(CNC(=O)C(C)(C)CC=C)C[C@H]2N1C(=O)OC(C)(C)C.C=CCOCc1ccc(Br)nc1N. The Morgan fingerprint density at radius 1 is 0.385 bits per heavy atom. The van der Waals surface area contributed by atoms with Crippen molar-refractivity contribution in [3.05, 3.63) is 139 Å². The molecule has 8 fully saturated rings. The number of nitrogens with two attached hydrogens (primary N) is 1. The van der Waals surface area contributed by atoms with Crippen LogP contribution in [0.1, 0.15) is 311 Å². The van der Waals surface area contributed by atoms with Crippen molar-refractivity contribution < 1.29 is 110 Å². The number of piperidine rings is 4. The predicted molar refractivity (Wildman–Crippen MR) is 590 cm³/mol. The smallest absolute Gasteiger partial charge is 0.411 e. The number of aliphatic carboxylic acids is 2. The van der Waals surface area contributed by atoms with Crippen molar-refractivity contribution in [1.82, 2.24) is 50.8 Å². The number of anilines is 1. The fourth-order valence-corrected chi connectivity index (χ4v) is 18.3. The molecule has 10 rings (SSSR count). The average molecular weight is 2210 g/mol. The number of nitrogens with zero attached hydrogens (tertiary/aromatic N) is 6. The number of ketones is 1. The molecule has 8 N–H and O–H groups in total. The fraction of sp³-hybridized carbons (Fsp3) is 0.670. The molecule has 34 nitrogen and oxygen atoms in total. The summed E-state index contributed by atoms with van der Waals surface area (Å²) < 4.78 is 44.6. The summed E-state index contributed by atoms with van der Waals surface area (Å²) in [4.78, 5) is 177. The van der Waals surface area contributed by atoms with Crippen molar-refractivity contribution in [2.45, 2.75) is 385 Å². The van der Waals surface area contributed by atoms with E-state index in [9.17, 15) is 67.4 Å². The zero-order valence-electron chi connectivity index (χ0n) is 88.4. The van der Waals surface area contributed by atoms with Gasteiger partial charge in [-0.1, -0.05) is 155 Å². The predicted octanol–water partition coefficient (Wildman–Crippen LogP) is 21.4. The molecule has 2 aromatic rings. The number of allylic oxidation sites excluding steroid dienone is 5. The first-order valence-electron chi connectivity index (χ1n) is 48.5. The summed E-state index contributed by atoms with van der Waals surface area (Å²) in [6.45, 7) is 72.5. The topological polar surface area (TPSA) is 449 Å². The number of esters is 2. The number of likely N-dealkylation sites (tertiary alicyclic amines) is 4. The van der Waals surface area contributed by atoms with E-state index in [0.29, 0.717) is 139 Å². The Hall–Kier alpha value is -10.3. The quantitative estimate of drug-likeness (QED) is 0.0107. The van der Waals surface area contributed by atoms with Gasteiger partial charge in [-0.25, -0.2) is 43.5 Å². The second kappa shape index (κ2) is 57.2. The highest BCUT2D eigenvalue weighted by Gasteiger charge is 2.72. The van der Waals surface area contributed by atoms with Crippen molar-refractivity contribution in [3.63, 3.8) is 0 Å². The molecule has 0 aromatic carbocycles. The lowest BCUT2D eigenvalue weighted by molar-refractivity contribution is -0.149. The van der Waals surface area contributed by atoms with Crippen LogP contribution in [-0.2, 0) is 101 Å². The molecule has 4 saturated heterocycles. The number of fused-ring (bicyclic) bond motifs is 4. The minimum Gasteiger partial charge on any atom is -0.481 e. The van der Waals surface area contributed by atoms with Gasteiger partial charge in [-0.15, -0.1) is 46.1 Å². The van der Waals surface area contributed by atoms with Gasteiger partial charge in [0, 0.05) is 99.2 Å². The van der Waals surface area contributed by atoms with Gasteiger partial charge in [0.25, 0.3) is 0 Å². The van der Waals surface area contributed by atoms with E-state index in [0.717, 1.165) is 28.6 Å². The molecule has 8 aliphatic rings. The number of aromatic nitrogens is 2. The van der Waals surface area contributed by atoms with E-state index in [1.807, 2.05) is 79.7 Å². The number of hydrogen-bond donors (Lipinski definition) is 7. The van der Waals surface area contributed by atoms with Crippen LogP contribution in [0.15, 0.2) is 122 Å². The maximum Gasteiger partial charge on any atom is 0.411 e. The normalized spacial score (nSPS) is 22.1. The lowest BCUT2D eigenvalue weighted by Crippen LogP contribution is -2.46. The summed E-state index contributed by atoms with van der Waals surface area (Å²) in [5.74, 6) is -2.56. The second-order valence-electron chi connectivity index (χ2n) is 45.2. The lowest BCUT2D eigenvalue weighted by Gasteiger charge is -2.30. The first-order valence-corrected chi connectivity index (χ1v) is 50.1. The fourth-order valence-electron chi connectivity index (χ4n) is 17.7. The molecule has 0 radical (unpaired) electrons. The first-order chi connectivity index (χ1) is 65.5. The van der Waals surface area contributed by atoms with Gasteiger partial charge in [0.2, 0.25) is 23.6 Å². The lowest BCUT2D eigenvalue weighted by atomic mass is 9.87. The third-order valence-corrected chi connectivity index (χ3v) is 26.8. The molecule has 12 atom stereocenters. The number of nitrogens with one attached hydrogen (secondary N) is 4. The maximum atomic E-state index is 13.7. The van der Waals surface area contributed by atoms with Crippen LogP contribution >= 0.6 is 31.9 Å². The van der Waals surface area contributed by atoms with Crippen molar-refractivity contribution in [2.24, 2.45) is 48.7 Å². The number of amides is 8. The van der Waals surface area contributed by atoms with Gasteiger partial charge < -0.3 is 75.1 Å². The molecule has 4 aliphatic carbocycles. The monoisotopic (exact) mass is 2210 g/mol. The summed E-state index contributed by atoms with van der Waals surface area (Å²) in [5.41, 5.74) is 1.04. The number of carboxylic acids is 2. The number of carboxylic acid groups (broad SMARTS) is 2. The third-order valence-electron chi connectivity index (χ3n) is 25.9. The summed E-state index contributed by atoms with van der Waals surface area (Å²) in [7, 11) is 0. The van der Waals surface area contributed by atoms with Crippen LogP contribution in [0, 0.1) is 48.7 Å².